The number of aromatic nitrogens is 1. The summed E-state index contributed by atoms with van der Waals surface area (Å²) in [6.07, 6.45) is -8.15. The van der Waals surface area contributed by atoms with Crippen LogP contribution in [0.4, 0.5) is 32.2 Å². The molecule has 1 saturated carbocycles. The lowest BCUT2D eigenvalue weighted by molar-refractivity contribution is -0.286. The maximum absolute atomic E-state index is 14.4. The third-order valence-electron chi connectivity index (χ3n) is 6.43. The van der Waals surface area contributed by atoms with Gasteiger partial charge in [-0.2, -0.15) is 13.2 Å². The summed E-state index contributed by atoms with van der Waals surface area (Å²) in [5.74, 6) is -4.04. The molecule has 1 fully saturated rings. The summed E-state index contributed by atoms with van der Waals surface area (Å²) >= 11 is 0. The molecule has 200 valence electrons. The van der Waals surface area contributed by atoms with Crippen LogP contribution in [0, 0.1) is 12.7 Å². The van der Waals surface area contributed by atoms with Gasteiger partial charge in [0.25, 0.3) is 0 Å². The van der Waals surface area contributed by atoms with Gasteiger partial charge in [-0.25, -0.2) is 14.2 Å². The molecule has 7 nitrogen and oxygen atoms in total. The number of rotatable bonds is 5. The first kappa shape index (κ1) is 25.4. The van der Waals surface area contributed by atoms with Gasteiger partial charge in [0, 0.05) is 6.99 Å². The molecule has 2 aromatic carbocycles. The van der Waals surface area contributed by atoms with E-state index in [2.05, 4.69) is 19.8 Å². The lowest BCUT2D eigenvalue weighted by atomic mass is 9.94. The van der Waals surface area contributed by atoms with Crippen LogP contribution in [0.15, 0.2) is 42.5 Å². The summed E-state index contributed by atoms with van der Waals surface area (Å²) in [4.78, 5) is 28.5. The number of halogens is 6. The number of carboxylic acid groups (broad SMARTS) is 1. The fourth-order valence-corrected chi connectivity index (χ4v) is 4.27. The van der Waals surface area contributed by atoms with Crippen molar-refractivity contribution in [3.8, 4) is 22.8 Å². The number of hydrogen-bond donors (Lipinski definition) is 2. The number of pyridine rings is 1. The van der Waals surface area contributed by atoms with Crippen molar-refractivity contribution in [3.05, 3.63) is 70.5 Å². The lowest BCUT2D eigenvalue weighted by Crippen LogP contribution is -2.28. The van der Waals surface area contributed by atoms with E-state index in [0.29, 0.717) is 24.5 Å². The van der Waals surface area contributed by atoms with Gasteiger partial charge in [-0.15, -0.1) is 8.78 Å². The summed E-state index contributed by atoms with van der Waals surface area (Å²) in [6, 6.07) is 7.01. The standard InChI is InChI=1S/C25H16F6N2O5.H2/c1-11-14(21(34)35)8-12(9-16(11)26)20-15(24(27,28)29)3-5-19(32-20)33-22(36)23(6-7-23)13-2-4-17-18(10-13)38-25(30,31)37-17;/h2-5,8-10H,6-7H2,1H3,(H,34,35)(H,32,33,36);1H. The largest absolute Gasteiger partial charge is 0.586 e. The van der Waals surface area contributed by atoms with E-state index in [9.17, 15) is 41.0 Å². The minimum absolute atomic E-state index is 0. The Hall–Kier alpha value is -4.29. The fourth-order valence-electron chi connectivity index (χ4n) is 4.27. The van der Waals surface area contributed by atoms with Gasteiger partial charge in [0.1, 0.15) is 11.6 Å². The van der Waals surface area contributed by atoms with Crippen molar-refractivity contribution in [1.82, 2.24) is 4.98 Å². The minimum atomic E-state index is -4.93. The van der Waals surface area contributed by atoms with Gasteiger partial charge < -0.3 is 19.9 Å². The molecule has 1 amide bonds. The molecule has 3 aromatic rings. The molecule has 2 aliphatic rings. The third kappa shape index (κ3) is 4.37. The van der Waals surface area contributed by atoms with E-state index in [1.54, 1.807) is 0 Å². The van der Waals surface area contributed by atoms with Gasteiger partial charge >= 0.3 is 18.4 Å². The molecule has 13 heteroatoms. The number of carbonyl (C=O) groups excluding carboxylic acids is 1. The molecule has 1 aromatic heterocycles. The quantitative estimate of drug-likeness (QED) is 0.377. The Labute approximate surface area is 211 Å². The summed E-state index contributed by atoms with van der Waals surface area (Å²) in [7, 11) is 0. The molecule has 1 aliphatic carbocycles. The van der Waals surface area contributed by atoms with Crippen molar-refractivity contribution in [2.45, 2.75) is 37.7 Å². The normalized spacial score (nSPS) is 16.7. The number of amides is 1. The van der Waals surface area contributed by atoms with E-state index in [0.717, 1.165) is 18.2 Å². The van der Waals surface area contributed by atoms with Crippen LogP contribution in [0.25, 0.3) is 11.3 Å². The molecule has 0 atom stereocenters. The van der Waals surface area contributed by atoms with E-state index < -0.39 is 58.0 Å². The Morgan fingerprint density at radius 1 is 1.05 bits per heavy atom. The van der Waals surface area contributed by atoms with Crippen molar-refractivity contribution in [2.75, 3.05) is 5.32 Å². The predicted octanol–water partition coefficient (Wildman–Crippen LogP) is 6.15. The monoisotopic (exact) mass is 540 g/mol. The summed E-state index contributed by atoms with van der Waals surface area (Å²) < 4.78 is 91.1. The number of nitrogens with zero attached hydrogens (tertiary/aromatic N) is 1. The summed E-state index contributed by atoms with van der Waals surface area (Å²) in [5, 5.41) is 11.8. The van der Waals surface area contributed by atoms with Crippen LogP contribution in [0.1, 0.15) is 41.3 Å². The Kier molecular flexibility index (Phi) is 5.58. The van der Waals surface area contributed by atoms with E-state index in [-0.39, 0.29) is 24.3 Å². The topological polar surface area (TPSA) is 97.8 Å². The molecule has 0 bridgehead atoms. The maximum Gasteiger partial charge on any atom is 0.586 e. The van der Waals surface area contributed by atoms with Crippen LogP contribution >= 0.6 is 0 Å². The number of aromatic carboxylic acids is 1. The zero-order chi connectivity index (χ0) is 27.6. The number of ether oxygens (including phenoxy) is 2. The molecule has 38 heavy (non-hydrogen) atoms. The zero-order valence-electron chi connectivity index (χ0n) is 19.3. The molecule has 0 saturated heterocycles. The first-order chi connectivity index (χ1) is 17.7. The first-order valence-corrected chi connectivity index (χ1v) is 11.0. The van der Waals surface area contributed by atoms with Crippen LogP contribution in [0.5, 0.6) is 11.5 Å². The van der Waals surface area contributed by atoms with Crippen LogP contribution < -0.4 is 14.8 Å². The fraction of sp³-hybridized carbons (Fsp3) is 0.240. The second-order valence-electron chi connectivity index (χ2n) is 8.89. The van der Waals surface area contributed by atoms with Crippen molar-refractivity contribution in [1.29, 1.82) is 0 Å². The average molecular weight is 540 g/mol. The Balaban J connectivity index is 0.00000353. The number of alkyl halides is 5. The lowest BCUT2D eigenvalue weighted by Gasteiger charge is -2.18. The maximum atomic E-state index is 14.4. The predicted molar refractivity (Wildman–Crippen MR) is 121 cm³/mol. The van der Waals surface area contributed by atoms with Crippen LogP contribution in [-0.2, 0) is 16.4 Å². The zero-order valence-corrected chi connectivity index (χ0v) is 19.3. The van der Waals surface area contributed by atoms with Crippen molar-refractivity contribution in [3.63, 3.8) is 0 Å². The number of hydrogen-bond acceptors (Lipinski definition) is 5. The highest BCUT2D eigenvalue weighted by atomic mass is 19.4. The van der Waals surface area contributed by atoms with Crippen molar-refractivity contribution >= 4 is 17.7 Å². The van der Waals surface area contributed by atoms with Crippen LogP contribution in [-0.4, -0.2) is 28.3 Å². The van der Waals surface area contributed by atoms with Gasteiger partial charge in [0.05, 0.1) is 22.2 Å². The van der Waals surface area contributed by atoms with Crippen LogP contribution in [0.3, 0.4) is 0 Å². The minimum Gasteiger partial charge on any atom is -0.478 e. The number of nitrogens with one attached hydrogen (secondary N) is 1. The third-order valence-corrected chi connectivity index (χ3v) is 6.43. The molecule has 0 radical (unpaired) electrons. The van der Waals surface area contributed by atoms with Gasteiger partial charge in [-0.1, -0.05) is 6.07 Å². The summed E-state index contributed by atoms with van der Waals surface area (Å²) in [6.45, 7) is 1.17. The van der Waals surface area contributed by atoms with E-state index in [1.165, 1.54) is 25.1 Å². The second kappa shape index (κ2) is 8.36. The molecule has 1 aliphatic heterocycles. The SMILES string of the molecule is Cc1c(F)cc(-c2nc(NC(=O)C3(c4ccc5c(c4)OC(F)(F)O5)CC3)ccc2C(F)(F)F)cc1C(=O)O.[HH]. The molecule has 0 spiro atoms. The van der Waals surface area contributed by atoms with E-state index in [1.807, 2.05) is 0 Å². The number of anilines is 1. The summed E-state index contributed by atoms with van der Waals surface area (Å²) in [5.41, 5.74) is -4.17. The van der Waals surface area contributed by atoms with E-state index >= 15 is 0 Å². The van der Waals surface area contributed by atoms with Gasteiger partial charge in [-0.05, 0) is 67.3 Å². The highest BCUT2D eigenvalue weighted by Crippen LogP contribution is 2.52. The molecular formula is C25H18F6N2O5. The Morgan fingerprint density at radius 3 is 2.37 bits per heavy atom. The highest BCUT2D eigenvalue weighted by molar-refractivity contribution is 6.01. The molecule has 2 heterocycles. The molecule has 5 rings (SSSR count). The Morgan fingerprint density at radius 2 is 1.74 bits per heavy atom. The van der Waals surface area contributed by atoms with Gasteiger partial charge in [0.15, 0.2) is 11.5 Å². The number of fused-ring (bicyclic) bond motifs is 1. The van der Waals surface area contributed by atoms with Gasteiger partial charge in [-0.3, -0.25) is 4.79 Å². The molecule has 2 N–H and O–H groups in total. The number of benzene rings is 2. The van der Waals surface area contributed by atoms with Crippen LogP contribution in [0.2, 0.25) is 0 Å². The Bertz CT molecular complexity index is 1510. The van der Waals surface area contributed by atoms with Crippen molar-refractivity contribution < 1.29 is 51.9 Å². The average Bonchev–Trinajstić information content (AvgIpc) is 3.57. The molecular weight excluding hydrogens is 522 g/mol. The molecule has 0 unspecified atom stereocenters. The number of carboxylic acids is 1. The smallest absolute Gasteiger partial charge is 0.478 e. The van der Waals surface area contributed by atoms with Gasteiger partial charge in [0.2, 0.25) is 5.91 Å². The second-order valence-corrected chi connectivity index (χ2v) is 8.89. The first-order valence-electron chi connectivity index (χ1n) is 11.0. The van der Waals surface area contributed by atoms with Crippen molar-refractivity contribution in [2.24, 2.45) is 0 Å². The van der Waals surface area contributed by atoms with E-state index in [4.69, 9.17) is 0 Å². The highest BCUT2D eigenvalue weighted by Gasteiger charge is 2.53. The number of carbonyl (C=O) groups is 2.